The zero-order valence-corrected chi connectivity index (χ0v) is 17.8. The van der Waals surface area contributed by atoms with E-state index in [1.165, 1.54) is 5.56 Å². The Balaban J connectivity index is 1.82. The van der Waals surface area contributed by atoms with Crippen LogP contribution in [0.5, 0.6) is 17.8 Å². The number of methoxy groups -OCH3 is 1. The number of aromatic nitrogens is 2. The van der Waals surface area contributed by atoms with Gasteiger partial charge in [-0.05, 0) is 45.7 Å². The molecule has 1 aromatic carbocycles. The third kappa shape index (κ3) is 5.58. The van der Waals surface area contributed by atoms with Crippen molar-refractivity contribution >= 4 is 0 Å². The first-order valence-corrected chi connectivity index (χ1v) is 10.4. The summed E-state index contributed by atoms with van der Waals surface area (Å²) in [6.45, 7) is 7.90. The van der Waals surface area contributed by atoms with E-state index in [2.05, 4.69) is 44.9 Å². The van der Waals surface area contributed by atoms with Crippen molar-refractivity contribution in [1.29, 1.82) is 0 Å². The molecule has 0 unspecified atom stereocenters. The van der Waals surface area contributed by atoms with Crippen LogP contribution in [0.25, 0.3) is 0 Å². The summed E-state index contributed by atoms with van der Waals surface area (Å²) in [5, 5.41) is 7.33. The van der Waals surface area contributed by atoms with Crippen molar-refractivity contribution in [3.63, 3.8) is 0 Å². The van der Waals surface area contributed by atoms with Gasteiger partial charge >= 0.3 is 6.01 Å². The summed E-state index contributed by atoms with van der Waals surface area (Å²) in [6, 6.07) is 11.4. The van der Waals surface area contributed by atoms with Gasteiger partial charge in [-0.2, -0.15) is 9.97 Å². The Labute approximate surface area is 173 Å². The first-order chi connectivity index (χ1) is 14.1. The Hall–Kier alpha value is -2.38. The lowest BCUT2D eigenvalue weighted by Crippen LogP contribution is -2.45. The fourth-order valence-corrected chi connectivity index (χ4v) is 3.61. The van der Waals surface area contributed by atoms with Crippen molar-refractivity contribution in [2.45, 2.75) is 58.3 Å². The van der Waals surface area contributed by atoms with Crippen LogP contribution in [0.2, 0.25) is 0 Å². The number of benzene rings is 1. The minimum Gasteiger partial charge on any atom is -0.481 e. The molecule has 0 bridgehead atoms. The van der Waals surface area contributed by atoms with Crippen LogP contribution < -0.4 is 24.8 Å². The van der Waals surface area contributed by atoms with Crippen molar-refractivity contribution < 1.29 is 14.2 Å². The topological polar surface area (TPSA) is 77.5 Å². The fourth-order valence-electron chi connectivity index (χ4n) is 3.61. The van der Waals surface area contributed by atoms with E-state index in [0.717, 1.165) is 24.9 Å². The Kier molecular flexibility index (Phi) is 7.66. The molecule has 1 aliphatic rings. The number of nitrogens with zero attached hydrogens (tertiary/aromatic N) is 2. The molecule has 0 radical (unpaired) electrons. The molecule has 0 amide bonds. The maximum Gasteiger partial charge on any atom is 0.323 e. The summed E-state index contributed by atoms with van der Waals surface area (Å²) in [6.07, 6.45) is 2.21. The third-order valence-electron chi connectivity index (χ3n) is 4.88. The van der Waals surface area contributed by atoms with Gasteiger partial charge in [0.05, 0.1) is 25.4 Å². The first kappa shape index (κ1) is 21.3. The zero-order valence-electron chi connectivity index (χ0n) is 17.8. The molecule has 158 valence electrons. The van der Waals surface area contributed by atoms with Crippen molar-refractivity contribution in [1.82, 2.24) is 20.6 Å². The van der Waals surface area contributed by atoms with E-state index < -0.39 is 0 Å². The third-order valence-corrected chi connectivity index (χ3v) is 4.88. The van der Waals surface area contributed by atoms with Crippen LogP contribution in [-0.4, -0.2) is 42.4 Å². The molecule has 1 saturated heterocycles. The van der Waals surface area contributed by atoms with Gasteiger partial charge in [-0.15, -0.1) is 0 Å². The van der Waals surface area contributed by atoms with Gasteiger partial charge < -0.3 is 24.8 Å². The molecule has 2 N–H and O–H groups in total. The summed E-state index contributed by atoms with van der Waals surface area (Å²) in [5.41, 5.74) is 2.10. The second-order valence-electron chi connectivity index (χ2n) is 7.37. The van der Waals surface area contributed by atoms with E-state index in [1.807, 2.05) is 26.8 Å². The fraction of sp³-hybridized carbons (Fsp3) is 0.545. The van der Waals surface area contributed by atoms with Crippen molar-refractivity contribution in [2.24, 2.45) is 0 Å². The van der Waals surface area contributed by atoms with E-state index >= 15 is 0 Å². The van der Waals surface area contributed by atoms with Gasteiger partial charge in [0.25, 0.3) is 0 Å². The van der Waals surface area contributed by atoms with Gasteiger partial charge in [0.15, 0.2) is 0 Å². The highest BCUT2D eigenvalue weighted by atomic mass is 16.5. The SMILES string of the molecule is CCOc1nc(OC)c(CN[C@H]2CCCN[C@H]2c2ccccc2)c(OC(C)C)n1. The number of rotatable bonds is 9. The Bertz CT molecular complexity index is 770. The van der Waals surface area contributed by atoms with Crippen LogP contribution in [-0.2, 0) is 6.54 Å². The Morgan fingerprint density at radius 1 is 1.17 bits per heavy atom. The molecule has 1 aromatic heterocycles. The largest absolute Gasteiger partial charge is 0.481 e. The average Bonchev–Trinajstić information content (AvgIpc) is 2.73. The lowest BCUT2D eigenvalue weighted by Gasteiger charge is -2.34. The van der Waals surface area contributed by atoms with E-state index in [0.29, 0.717) is 24.9 Å². The maximum absolute atomic E-state index is 5.96. The molecule has 7 nitrogen and oxygen atoms in total. The standard InChI is InChI=1S/C22H32N4O3/c1-5-28-22-25-20(27-4)17(21(26-22)29-15(2)3)14-24-18-12-9-13-23-19(18)16-10-7-6-8-11-16/h6-8,10-11,15,18-19,23-24H,5,9,12-14H2,1-4H3/t18-,19-/m0/s1. The van der Waals surface area contributed by atoms with Gasteiger partial charge in [-0.25, -0.2) is 0 Å². The number of hydrogen-bond donors (Lipinski definition) is 2. The van der Waals surface area contributed by atoms with Gasteiger partial charge in [-0.3, -0.25) is 0 Å². The van der Waals surface area contributed by atoms with E-state index in [1.54, 1.807) is 7.11 Å². The highest BCUT2D eigenvalue weighted by molar-refractivity contribution is 5.37. The lowest BCUT2D eigenvalue weighted by atomic mass is 9.92. The van der Waals surface area contributed by atoms with Crippen LogP contribution in [0.3, 0.4) is 0 Å². The second-order valence-corrected chi connectivity index (χ2v) is 7.37. The first-order valence-electron chi connectivity index (χ1n) is 10.4. The van der Waals surface area contributed by atoms with Gasteiger partial charge in [0.1, 0.15) is 0 Å². The minimum atomic E-state index is -0.0174. The molecule has 2 aromatic rings. The molecular weight excluding hydrogens is 368 g/mol. The molecule has 29 heavy (non-hydrogen) atoms. The van der Waals surface area contributed by atoms with Crippen molar-refractivity contribution in [3.05, 3.63) is 41.5 Å². The molecular formula is C22H32N4O3. The van der Waals surface area contributed by atoms with Crippen LogP contribution in [0, 0.1) is 0 Å². The second kappa shape index (κ2) is 10.4. The number of piperidine rings is 1. The van der Waals surface area contributed by atoms with Crippen LogP contribution in [0.15, 0.2) is 30.3 Å². The zero-order chi connectivity index (χ0) is 20.6. The summed E-state index contributed by atoms with van der Waals surface area (Å²) in [5.74, 6) is 0.981. The molecule has 0 saturated carbocycles. The quantitative estimate of drug-likeness (QED) is 0.669. The monoisotopic (exact) mass is 400 g/mol. The lowest BCUT2D eigenvalue weighted by molar-refractivity contribution is 0.216. The molecule has 7 heteroatoms. The molecule has 2 atom stereocenters. The van der Waals surface area contributed by atoms with Crippen LogP contribution in [0.4, 0.5) is 0 Å². The van der Waals surface area contributed by atoms with Gasteiger partial charge in [-0.1, -0.05) is 30.3 Å². The van der Waals surface area contributed by atoms with Crippen LogP contribution in [0.1, 0.15) is 50.8 Å². The summed E-state index contributed by atoms with van der Waals surface area (Å²) in [7, 11) is 1.61. The average molecular weight is 401 g/mol. The van der Waals surface area contributed by atoms with Gasteiger partial charge in [0, 0.05) is 18.6 Å². The minimum absolute atomic E-state index is 0.0174. The van der Waals surface area contributed by atoms with Crippen LogP contribution >= 0.6 is 0 Å². The molecule has 0 spiro atoms. The highest BCUT2D eigenvalue weighted by Gasteiger charge is 2.27. The van der Waals surface area contributed by atoms with E-state index in [9.17, 15) is 0 Å². The predicted octanol–water partition coefficient (Wildman–Crippen LogP) is 3.25. The number of nitrogens with one attached hydrogen (secondary N) is 2. The predicted molar refractivity (Wildman–Crippen MR) is 113 cm³/mol. The summed E-state index contributed by atoms with van der Waals surface area (Å²) >= 11 is 0. The maximum atomic E-state index is 5.96. The highest BCUT2D eigenvalue weighted by Crippen LogP contribution is 2.30. The number of hydrogen-bond acceptors (Lipinski definition) is 7. The number of ether oxygens (including phenoxy) is 3. The van der Waals surface area contributed by atoms with Crippen molar-refractivity contribution in [2.75, 3.05) is 20.3 Å². The van der Waals surface area contributed by atoms with E-state index in [-0.39, 0.29) is 24.2 Å². The summed E-state index contributed by atoms with van der Waals surface area (Å²) < 4.78 is 17.0. The molecule has 3 rings (SSSR count). The Morgan fingerprint density at radius 2 is 1.93 bits per heavy atom. The smallest absolute Gasteiger partial charge is 0.323 e. The molecule has 1 fully saturated rings. The van der Waals surface area contributed by atoms with Gasteiger partial charge in [0.2, 0.25) is 11.8 Å². The Morgan fingerprint density at radius 3 is 2.62 bits per heavy atom. The van der Waals surface area contributed by atoms with E-state index in [4.69, 9.17) is 14.2 Å². The normalized spacial score (nSPS) is 19.2. The molecule has 1 aliphatic heterocycles. The summed E-state index contributed by atoms with van der Waals surface area (Å²) in [4.78, 5) is 8.86. The molecule has 0 aliphatic carbocycles. The van der Waals surface area contributed by atoms with Crippen molar-refractivity contribution in [3.8, 4) is 17.8 Å². The molecule has 2 heterocycles.